The number of rotatable bonds is 5. The molecule has 0 bridgehead atoms. The van der Waals surface area contributed by atoms with Crippen molar-refractivity contribution in [3.8, 4) is 12.1 Å². The molecular formula is C20H17N3O2. The van der Waals surface area contributed by atoms with Crippen LogP contribution >= 0.6 is 0 Å². The van der Waals surface area contributed by atoms with E-state index in [0.717, 1.165) is 5.56 Å². The van der Waals surface area contributed by atoms with Crippen LogP contribution in [0.2, 0.25) is 0 Å². The van der Waals surface area contributed by atoms with Crippen LogP contribution in [0.4, 0.5) is 0 Å². The molecule has 2 aromatic rings. The molecule has 0 saturated heterocycles. The third kappa shape index (κ3) is 4.53. The molecule has 0 aliphatic heterocycles. The van der Waals surface area contributed by atoms with Crippen molar-refractivity contribution in [3.05, 3.63) is 71.3 Å². The van der Waals surface area contributed by atoms with Crippen LogP contribution in [0, 0.1) is 35.5 Å². The van der Waals surface area contributed by atoms with Crippen LogP contribution in [0.3, 0.4) is 0 Å². The van der Waals surface area contributed by atoms with Crippen LogP contribution in [-0.2, 0) is 4.79 Å². The van der Waals surface area contributed by atoms with Gasteiger partial charge in [0.2, 0.25) is 5.91 Å². The first-order chi connectivity index (χ1) is 12.1. The first-order valence-electron chi connectivity index (χ1n) is 7.80. The number of nitrogens with zero attached hydrogens (tertiary/aromatic N) is 2. The van der Waals surface area contributed by atoms with E-state index < -0.39 is 23.7 Å². The number of nitriles is 2. The van der Waals surface area contributed by atoms with E-state index in [9.17, 15) is 20.1 Å². The van der Waals surface area contributed by atoms with Gasteiger partial charge in [-0.05, 0) is 24.1 Å². The Labute approximate surface area is 146 Å². The second-order valence-corrected chi connectivity index (χ2v) is 5.65. The lowest BCUT2D eigenvalue weighted by molar-refractivity contribution is -0.120. The number of carbonyl (C=O) groups is 2. The Bertz CT molecular complexity index is 833. The number of carbonyl (C=O) groups excluding carboxylic acids is 2. The number of benzene rings is 2. The van der Waals surface area contributed by atoms with Gasteiger partial charge in [0.15, 0.2) is 0 Å². The van der Waals surface area contributed by atoms with Gasteiger partial charge in [-0.2, -0.15) is 10.5 Å². The lowest BCUT2D eigenvalue weighted by Gasteiger charge is -2.17. The second kappa shape index (κ2) is 8.42. The number of hydrogen-bond donors (Lipinski definition) is 1. The Kier molecular flexibility index (Phi) is 6.03. The number of aryl methyl sites for hydroxylation is 1. The van der Waals surface area contributed by atoms with Gasteiger partial charge in [-0.25, -0.2) is 0 Å². The predicted octanol–water partition coefficient (Wildman–Crippen LogP) is 3.09. The summed E-state index contributed by atoms with van der Waals surface area (Å²) in [7, 11) is 0. The first-order valence-corrected chi connectivity index (χ1v) is 7.80. The normalized spacial score (nSPS) is 11.2. The van der Waals surface area contributed by atoms with Crippen molar-refractivity contribution in [2.45, 2.75) is 19.3 Å². The van der Waals surface area contributed by atoms with E-state index in [4.69, 9.17) is 0 Å². The van der Waals surface area contributed by atoms with Crippen molar-refractivity contribution < 1.29 is 9.59 Å². The van der Waals surface area contributed by atoms with E-state index in [1.165, 1.54) is 0 Å². The fourth-order valence-corrected chi connectivity index (χ4v) is 2.61. The summed E-state index contributed by atoms with van der Waals surface area (Å²) < 4.78 is 0. The highest BCUT2D eigenvalue weighted by atomic mass is 16.2. The Morgan fingerprint density at radius 1 is 1.00 bits per heavy atom. The van der Waals surface area contributed by atoms with E-state index >= 15 is 0 Å². The SMILES string of the molecule is Cc1ccccc1C(=O)NC(=O)C[C@@H](c1ccccc1)C(C#N)C#N. The minimum absolute atomic E-state index is 0.118. The van der Waals surface area contributed by atoms with Gasteiger partial charge < -0.3 is 0 Å². The third-order valence-corrected chi connectivity index (χ3v) is 3.96. The standard InChI is InChI=1S/C20H17N3O2/c1-14-7-5-6-10-17(14)20(25)23-19(24)11-18(16(12-21)13-22)15-8-3-2-4-9-15/h2-10,16,18H,11H2,1H3,(H,23,24,25)/t18-/m0/s1. The number of imide groups is 1. The number of nitrogens with one attached hydrogen (secondary N) is 1. The summed E-state index contributed by atoms with van der Waals surface area (Å²) in [6, 6.07) is 19.7. The van der Waals surface area contributed by atoms with E-state index in [1.807, 2.05) is 24.3 Å². The van der Waals surface area contributed by atoms with Crippen molar-refractivity contribution >= 4 is 11.8 Å². The summed E-state index contributed by atoms with van der Waals surface area (Å²) in [5.74, 6) is -2.57. The summed E-state index contributed by atoms with van der Waals surface area (Å²) >= 11 is 0. The van der Waals surface area contributed by atoms with E-state index in [1.54, 1.807) is 49.4 Å². The average molecular weight is 331 g/mol. The Morgan fingerprint density at radius 2 is 1.60 bits per heavy atom. The lowest BCUT2D eigenvalue weighted by atomic mass is 9.85. The molecule has 0 aliphatic rings. The Balaban J connectivity index is 2.15. The molecule has 0 aliphatic carbocycles. The van der Waals surface area contributed by atoms with Gasteiger partial charge in [-0.15, -0.1) is 0 Å². The van der Waals surface area contributed by atoms with Gasteiger partial charge in [0.25, 0.3) is 5.91 Å². The summed E-state index contributed by atoms with van der Waals surface area (Å²) in [5, 5.41) is 20.7. The molecule has 2 aromatic carbocycles. The largest absolute Gasteiger partial charge is 0.292 e. The summed E-state index contributed by atoms with van der Waals surface area (Å²) in [4.78, 5) is 24.5. The van der Waals surface area contributed by atoms with Gasteiger partial charge in [0.1, 0.15) is 5.92 Å². The molecule has 1 N–H and O–H groups in total. The molecule has 124 valence electrons. The van der Waals surface area contributed by atoms with Crippen molar-refractivity contribution in [2.75, 3.05) is 0 Å². The van der Waals surface area contributed by atoms with Crippen molar-refractivity contribution in [3.63, 3.8) is 0 Å². The molecular weight excluding hydrogens is 314 g/mol. The second-order valence-electron chi connectivity index (χ2n) is 5.65. The fourth-order valence-electron chi connectivity index (χ4n) is 2.61. The van der Waals surface area contributed by atoms with E-state index in [0.29, 0.717) is 11.1 Å². The average Bonchev–Trinajstić information content (AvgIpc) is 2.62. The molecule has 0 spiro atoms. The molecule has 0 fully saturated rings. The topological polar surface area (TPSA) is 93.8 Å². The molecule has 5 nitrogen and oxygen atoms in total. The molecule has 0 heterocycles. The fraction of sp³-hybridized carbons (Fsp3) is 0.200. The maximum atomic E-state index is 12.3. The van der Waals surface area contributed by atoms with Crippen LogP contribution in [0.1, 0.15) is 33.8 Å². The molecule has 0 saturated carbocycles. The third-order valence-electron chi connectivity index (χ3n) is 3.96. The smallest absolute Gasteiger partial charge is 0.258 e. The van der Waals surface area contributed by atoms with Crippen LogP contribution < -0.4 is 5.32 Å². The number of hydrogen-bond acceptors (Lipinski definition) is 4. The molecule has 0 radical (unpaired) electrons. The minimum Gasteiger partial charge on any atom is -0.292 e. The first kappa shape index (κ1) is 17.9. The van der Waals surface area contributed by atoms with E-state index in [-0.39, 0.29) is 6.42 Å². The van der Waals surface area contributed by atoms with Crippen LogP contribution in [0.25, 0.3) is 0 Å². The zero-order chi connectivity index (χ0) is 18.2. The highest BCUT2D eigenvalue weighted by Crippen LogP contribution is 2.27. The minimum atomic E-state index is -0.971. The predicted molar refractivity (Wildman–Crippen MR) is 92.2 cm³/mol. The Hall–Kier alpha value is -3.44. The molecule has 1 atom stereocenters. The summed E-state index contributed by atoms with van der Waals surface area (Å²) in [6.45, 7) is 1.79. The monoisotopic (exact) mass is 331 g/mol. The maximum absolute atomic E-state index is 12.3. The van der Waals surface area contributed by atoms with Crippen LogP contribution in [0.5, 0.6) is 0 Å². The molecule has 2 amide bonds. The maximum Gasteiger partial charge on any atom is 0.258 e. The van der Waals surface area contributed by atoms with Crippen LogP contribution in [-0.4, -0.2) is 11.8 Å². The Morgan fingerprint density at radius 3 is 2.20 bits per heavy atom. The van der Waals surface area contributed by atoms with Gasteiger partial charge in [-0.3, -0.25) is 14.9 Å². The van der Waals surface area contributed by atoms with E-state index in [2.05, 4.69) is 5.32 Å². The molecule has 5 heteroatoms. The summed E-state index contributed by atoms with van der Waals surface area (Å²) in [6.07, 6.45) is -0.118. The van der Waals surface area contributed by atoms with Gasteiger partial charge in [0.05, 0.1) is 12.1 Å². The van der Waals surface area contributed by atoms with Crippen molar-refractivity contribution in [1.82, 2.24) is 5.32 Å². The molecule has 0 unspecified atom stereocenters. The van der Waals surface area contributed by atoms with Gasteiger partial charge in [0, 0.05) is 17.9 Å². The highest BCUT2D eigenvalue weighted by Gasteiger charge is 2.26. The van der Waals surface area contributed by atoms with Crippen LogP contribution in [0.15, 0.2) is 54.6 Å². The van der Waals surface area contributed by atoms with Crippen molar-refractivity contribution in [2.24, 2.45) is 5.92 Å². The summed E-state index contributed by atoms with van der Waals surface area (Å²) in [5.41, 5.74) is 1.90. The zero-order valence-corrected chi connectivity index (χ0v) is 13.8. The quantitative estimate of drug-likeness (QED) is 0.911. The zero-order valence-electron chi connectivity index (χ0n) is 13.8. The number of amides is 2. The van der Waals surface area contributed by atoms with Gasteiger partial charge in [-0.1, -0.05) is 48.5 Å². The van der Waals surface area contributed by atoms with Gasteiger partial charge >= 0.3 is 0 Å². The molecule has 0 aromatic heterocycles. The van der Waals surface area contributed by atoms with Crippen molar-refractivity contribution in [1.29, 1.82) is 10.5 Å². The molecule has 25 heavy (non-hydrogen) atoms. The highest BCUT2D eigenvalue weighted by molar-refractivity contribution is 6.05. The molecule has 2 rings (SSSR count). The lowest BCUT2D eigenvalue weighted by Crippen LogP contribution is -2.32.